The van der Waals surface area contributed by atoms with Crippen molar-refractivity contribution in [3.63, 3.8) is 0 Å². The van der Waals surface area contributed by atoms with Crippen molar-refractivity contribution in [3.05, 3.63) is 113 Å². The van der Waals surface area contributed by atoms with E-state index in [2.05, 4.69) is 51.4 Å². The Balaban J connectivity index is 0.608. The quantitative estimate of drug-likeness (QED) is 0.0121. The zero-order valence-corrected chi connectivity index (χ0v) is 51.3. The van der Waals surface area contributed by atoms with Crippen molar-refractivity contribution in [1.82, 2.24) is 54.8 Å². The molecule has 2 aromatic carbocycles. The number of ketones is 1. The second-order valence-electron chi connectivity index (χ2n) is 21.2. The van der Waals surface area contributed by atoms with Gasteiger partial charge in [-0.2, -0.15) is 9.94 Å². The smallest absolute Gasteiger partial charge is 0.313 e. The Morgan fingerprint density at radius 3 is 1.99 bits per heavy atom. The first-order chi connectivity index (χ1) is 44.9. The van der Waals surface area contributed by atoms with Crippen LogP contribution >= 0.6 is 0 Å². The Morgan fingerprint density at radius 1 is 0.783 bits per heavy atom. The van der Waals surface area contributed by atoms with Crippen molar-refractivity contribution < 1.29 is 84.8 Å². The number of unbranched alkanes of at least 4 members (excludes halogenated alkanes) is 1. The van der Waals surface area contributed by atoms with E-state index >= 15 is 0 Å². The number of piperidine rings is 1. The molecule has 6 aromatic rings. The molecule has 0 aliphatic carbocycles. The highest BCUT2D eigenvalue weighted by Crippen LogP contribution is 2.33. The van der Waals surface area contributed by atoms with E-state index in [9.17, 15) is 42.7 Å². The average Bonchev–Trinajstić information content (AvgIpc) is 1.59. The summed E-state index contributed by atoms with van der Waals surface area (Å²) in [5.41, 5.74) is 3.64. The van der Waals surface area contributed by atoms with Crippen molar-refractivity contribution in [2.75, 3.05) is 146 Å². The van der Waals surface area contributed by atoms with Crippen LogP contribution in [0.25, 0.3) is 22.3 Å². The molecular formula is C62H77F3N12O15. The number of benzene rings is 2. The minimum absolute atomic E-state index is 0.0542. The van der Waals surface area contributed by atoms with Gasteiger partial charge in [0.25, 0.3) is 17.6 Å². The van der Waals surface area contributed by atoms with Gasteiger partial charge in [0.05, 0.1) is 172 Å². The van der Waals surface area contributed by atoms with Crippen molar-refractivity contribution in [2.45, 2.75) is 63.6 Å². The Kier molecular flexibility index (Phi) is 28.4. The highest BCUT2D eigenvalue weighted by molar-refractivity contribution is 6.45. The summed E-state index contributed by atoms with van der Waals surface area (Å²) >= 11 is 0. The number of methoxy groups -OCH3 is 1. The molecular weight excluding hydrogens is 1210 g/mol. The van der Waals surface area contributed by atoms with Gasteiger partial charge in [-0.1, -0.05) is 35.5 Å². The topological polar surface area (TPSA) is 313 Å². The Labute approximate surface area is 528 Å². The van der Waals surface area contributed by atoms with Crippen LogP contribution in [0.15, 0.2) is 73.0 Å². The second-order valence-corrected chi connectivity index (χ2v) is 21.2. The first-order valence-corrected chi connectivity index (χ1v) is 30.4. The van der Waals surface area contributed by atoms with E-state index in [0.717, 1.165) is 36.1 Å². The molecule has 0 saturated carbocycles. The summed E-state index contributed by atoms with van der Waals surface area (Å²) < 4.78 is 97.3. The third-order valence-electron chi connectivity index (χ3n) is 14.9. The number of esters is 1. The lowest BCUT2D eigenvalue weighted by molar-refractivity contribution is -0.136. The fraction of sp³-hybridized carbons (Fsp3) is 0.516. The number of nitrogens with zero attached hydrogens (tertiary/aromatic N) is 10. The molecule has 6 heterocycles. The van der Waals surface area contributed by atoms with Gasteiger partial charge in [-0.3, -0.25) is 24.1 Å². The lowest BCUT2D eigenvalue weighted by Crippen LogP contribution is -2.40. The Morgan fingerprint density at radius 2 is 1.39 bits per heavy atom. The molecule has 2 aliphatic heterocycles. The number of allylic oxidation sites excluding steroid dienone is 1. The average molecular weight is 1290 g/mol. The predicted octanol–water partition coefficient (Wildman–Crippen LogP) is 4.26. The predicted molar refractivity (Wildman–Crippen MR) is 321 cm³/mol. The second kappa shape index (κ2) is 37.4. The van der Waals surface area contributed by atoms with Crippen LogP contribution in [0.4, 0.5) is 13.2 Å². The number of carbonyl (C=O) groups excluding carboxylic acids is 4. The lowest BCUT2D eigenvalue weighted by atomic mass is 9.93. The number of hydrogen-bond donors (Lipinski definition) is 3. The first-order valence-electron chi connectivity index (χ1n) is 30.4. The van der Waals surface area contributed by atoms with Gasteiger partial charge in [0.15, 0.2) is 17.5 Å². The van der Waals surface area contributed by atoms with Crippen LogP contribution in [0.2, 0.25) is 0 Å². The summed E-state index contributed by atoms with van der Waals surface area (Å²) in [7, 11) is 1.43. The van der Waals surface area contributed by atoms with Crippen LogP contribution in [0.1, 0.15) is 70.8 Å². The monoisotopic (exact) mass is 1290 g/mol. The minimum atomic E-state index is -1.31. The molecule has 0 spiro atoms. The van der Waals surface area contributed by atoms with Crippen molar-refractivity contribution in [2.24, 2.45) is 0 Å². The van der Waals surface area contributed by atoms with Crippen molar-refractivity contribution in [3.8, 4) is 23.4 Å². The summed E-state index contributed by atoms with van der Waals surface area (Å²) in [4.78, 5) is 68.3. The molecule has 27 nitrogen and oxygen atoms in total. The molecule has 2 atom stereocenters. The maximum atomic E-state index is 13.9. The van der Waals surface area contributed by atoms with Gasteiger partial charge in [-0.15, -0.1) is 10.2 Å². The molecule has 496 valence electrons. The molecule has 4 aromatic heterocycles. The van der Waals surface area contributed by atoms with Gasteiger partial charge in [-0.05, 0) is 56.2 Å². The number of halogens is 3. The van der Waals surface area contributed by atoms with Gasteiger partial charge in [0, 0.05) is 56.2 Å². The van der Waals surface area contributed by atoms with Gasteiger partial charge < -0.3 is 67.7 Å². The normalized spacial score (nSPS) is 15.1. The molecule has 92 heavy (non-hydrogen) atoms. The van der Waals surface area contributed by atoms with E-state index in [1.807, 2.05) is 36.5 Å². The number of H-pyrrole nitrogens is 1. The number of fused-ring (bicyclic) bond motifs is 1. The first kappa shape index (κ1) is 69.8. The minimum Gasteiger partial charge on any atom is -0.494 e. The van der Waals surface area contributed by atoms with E-state index < -0.39 is 46.8 Å². The molecule has 0 radical (unpaired) electrons. The molecule has 2 saturated heterocycles. The molecule has 8 rings (SSSR count). The van der Waals surface area contributed by atoms with Crippen LogP contribution in [-0.2, 0) is 60.4 Å². The van der Waals surface area contributed by atoms with Crippen molar-refractivity contribution in [1.29, 1.82) is 5.26 Å². The maximum absolute atomic E-state index is 13.9. The standard InChI is InChI=1S/C62H77F3N12O15/c1-83-53-38-68-60(56-55(53)50(37-67-56)57(80)62(82)74-14-10-44(11-15-74)49(36-66)43-7-3-2-4-8-43)77-42-69-59(72-77)61(81)70-47-35-48(41-78)75(39-47)13-6-5-9-46-40-76(73-71-46)16-18-85-20-22-87-24-26-89-28-30-91-32-31-90-29-27-88-25-23-86-21-19-84-17-12-54(79)92-58-51(64)33-45(63)34-52(58)65/h2-4,7-8,33-34,37-38,40,42,47-48,67,78H,5-6,9-32,35,39,41H2,1H3,(H,70,81)/t47-,48-/m0/s1. The Bertz CT molecular complexity index is 3370. The lowest BCUT2D eigenvalue weighted by Gasteiger charge is -2.28. The zero-order valence-electron chi connectivity index (χ0n) is 51.3. The number of aromatic amines is 1. The van der Waals surface area contributed by atoms with Crippen LogP contribution in [0, 0.1) is 28.8 Å². The number of rotatable bonds is 41. The molecule has 2 aliphatic rings. The number of ether oxygens (including phenoxy) is 10. The zero-order chi connectivity index (χ0) is 64.9. The van der Waals surface area contributed by atoms with Gasteiger partial charge in [0.2, 0.25) is 11.6 Å². The number of aryl methyl sites for hydroxylation is 1. The number of Topliss-reactive ketones (excluding diaryl/α,β-unsaturated/α-hetero) is 1. The summed E-state index contributed by atoms with van der Waals surface area (Å²) in [6.07, 6.45) is 9.71. The highest BCUT2D eigenvalue weighted by atomic mass is 19.1. The number of aromatic nitrogens is 8. The number of pyridine rings is 1. The van der Waals surface area contributed by atoms with Crippen LogP contribution in [0.3, 0.4) is 0 Å². The molecule has 0 unspecified atom stereocenters. The number of likely N-dealkylation sites (tertiary alicyclic amines) is 2. The molecule has 2 fully saturated rings. The van der Waals surface area contributed by atoms with Gasteiger partial charge in [0.1, 0.15) is 17.9 Å². The number of carbonyl (C=O) groups is 4. The number of hydrogen-bond acceptors (Lipinski definition) is 22. The SMILES string of the molecule is COc1cnc(-n2cnc(C(=O)N[C@H]3C[C@@H](CO)N(CCCCc4cn(CCOCCOCCOCCOCCOCCOCCOCCOCCC(=O)Oc5c(F)cc(F)cc5F)nn4)C3)n2)c2[nH]cc(C(=O)C(=O)N3CCC(=C(C#N)c4ccccc4)CC3)c12. The largest absolute Gasteiger partial charge is 0.494 e. The summed E-state index contributed by atoms with van der Waals surface area (Å²) in [6, 6.07) is 12.1. The van der Waals surface area contributed by atoms with E-state index in [1.54, 1.807) is 4.68 Å². The number of nitriles is 1. The van der Waals surface area contributed by atoms with E-state index in [1.165, 1.54) is 35.4 Å². The van der Waals surface area contributed by atoms with Crippen LogP contribution in [0.5, 0.6) is 11.5 Å². The van der Waals surface area contributed by atoms with Crippen molar-refractivity contribution >= 4 is 40.0 Å². The van der Waals surface area contributed by atoms with Crippen LogP contribution < -0.4 is 14.8 Å². The fourth-order valence-electron chi connectivity index (χ4n) is 10.3. The van der Waals surface area contributed by atoms with Gasteiger partial charge in [-0.25, -0.2) is 27.8 Å². The maximum Gasteiger partial charge on any atom is 0.313 e. The number of amides is 2. The molecule has 30 heteroatoms. The molecule has 0 bridgehead atoms. The van der Waals surface area contributed by atoms with Gasteiger partial charge >= 0.3 is 5.97 Å². The molecule has 2 amide bonds. The highest BCUT2D eigenvalue weighted by Gasteiger charge is 2.34. The van der Waals surface area contributed by atoms with Crippen LogP contribution in [-0.4, -0.2) is 236 Å². The molecule has 3 N–H and O–H groups in total. The van der Waals surface area contributed by atoms with E-state index in [0.29, 0.717) is 153 Å². The third-order valence-corrected chi connectivity index (χ3v) is 14.9. The van der Waals surface area contributed by atoms with E-state index in [4.69, 9.17) is 42.6 Å². The third kappa shape index (κ3) is 21.0. The Hall–Kier alpha value is -8.09. The number of aliphatic hydroxyl groups is 1. The summed E-state index contributed by atoms with van der Waals surface area (Å²) in [5.74, 6) is -7.17. The number of nitrogens with one attached hydrogen (secondary N) is 2. The number of aliphatic hydroxyl groups excluding tert-OH is 1. The summed E-state index contributed by atoms with van der Waals surface area (Å²) in [5, 5.41) is 36.5. The summed E-state index contributed by atoms with van der Waals surface area (Å²) in [6.45, 7) is 7.82. The fourth-order valence-corrected chi connectivity index (χ4v) is 10.3. The van der Waals surface area contributed by atoms with E-state index in [-0.39, 0.29) is 81.0 Å².